The quantitative estimate of drug-likeness (QED) is 0.709. The van der Waals surface area contributed by atoms with Crippen molar-refractivity contribution in [3.63, 3.8) is 0 Å². The molecule has 1 aromatic heterocycles. The molecule has 1 saturated heterocycles. The fourth-order valence-corrected chi connectivity index (χ4v) is 3.50. The Labute approximate surface area is 158 Å². The number of amides is 1. The Morgan fingerprint density at radius 3 is 2.89 bits per heavy atom. The Balaban J connectivity index is 1.44. The van der Waals surface area contributed by atoms with E-state index in [-0.39, 0.29) is 5.91 Å². The fourth-order valence-electron chi connectivity index (χ4n) is 3.50. The number of aromatic nitrogens is 2. The normalized spacial score (nSPS) is 15.1. The molecule has 2 heterocycles. The van der Waals surface area contributed by atoms with Crippen molar-refractivity contribution in [3.8, 4) is 5.69 Å². The van der Waals surface area contributed by atoms with Crippen LogP contribution in [0.2, 0.25) is 0 Å². The van der Waals surface area contributed by atoms with E-state index in [4.69, 9.17) is 4.74 Å². The Kier molecular flexibility index (Phi) is 5.18. The zero-order valence-corrected chi connectivity index (χ0v) is 15.6. The lowest BCUT2D eigenvalue weighted by atomic mass is 10.1. The molecule has 1 amide bonds. The highest BCUT2D eigenvalue weighted by Crippen LogP contribution is 2.20. The first-order valence-corrected chi connectivity index (χ1v) is 9.44. The van der Waals surface area contributed by atoms with Crippen LogP contribution in [0.25, 0.3) is 16.7 Å². The van der Waals surface area contributed by atoms with E-state index in [9.17, 15) is 4.79 Å². The van der Waals surface area contributed by atoms with Crippen molar-refractivity contribution in [1.82, 2.24) is 14.9 Å². The first kappa shape index (κ1) is 17.7. The third-order valence-corrected chi connectivity index (χ3v) is 5.05. The van der Waals surface area contributed by atoms with Crippen molar-refractivity contribution in [1.29, 1.82) is 0 Å². The number of aryl methyl sites for hydroxylation is 1. The minimum atomic E-state index is -0.0466. The molecule has 1 aliphatic rings. The minimum absolute atomic E-state index is 0.0466. The molecule has 0 radical (unpaired) electrons. The number of nitrogens with one attached hydrogen (secondary N) is 2. The van der Waals surface area contributed by atoms with Gasteiger partial charge in [-0.15, -0.1) is 0 Å². The SMILES string of the molecule is Cc1cccc(-n2cnc3cc(C(=O)NCC[NH+]4CCOCC4)ccc32)c1. The van der Waals surface area contributed by atoms with Crippen molar-refractivity contribution in [2.24, 2.45) is 0 Å². The number of quaternary nitrogens is 1. The molecule has 27 heavy (non-hydrogen) atoms. The van der Waals surface area contributed by atoms with Crippen LogP contribution in [0.1, 0.15) is 15.9 Å². The van der Waals surface area contributed by atoms with Gasteiger partial charge in [0.15, 0.2) is 0 Å². The third-order valence-electron chi connectivity index (χ3n) is 5.05. The van der Waals surface area contributed by atoms with Gasteiger partial charge in [-0.2, -0.15) is 0 Å². The number of hydrogen-bond donors (Lipinski definition) is 2. The molecule has 140 valence electrons. The average Bonchev–Trinajstić information content (AvgIpc) is 3.12. The van der Waals surface area contributed by atoms with Crippen LogP contribution in [0, 0.1) is 6.92 Å². The highest BCUT2D eigenvalue weighted by atomic mass is 16.5. The molecule has 0 atom stereocenters. The third kappa shape index (κ3) is 4.02. The number of carbonyl (C=O) groups is 1. The van der Waals surface area contributed by atoms with E-state index in [0.29, 0.717) is 12.1 Å². The molecule has 0 bridgehead atoms. The molecule has 0 spiro atoms. The number of carbonyl (C=O) groups excluding carboxylic acids is 1. The summed E-state index contributed by atoms with van der Waals surface area (Å²) in [5, 5.41) is 3.02. The lowest BCUT2D eigenvalue weighted by Gasteiger charge is -2.23. The van der Waals surface area contributed by atoms with Crippen molar-refractivity contribution in [3.05, 3.63) is 59.9 Å². The van der Waals surface area contributed by atoms with Gasteiger partial charge in [0.2, 0.25) is 0 Å². The van der Waals surface area contributed by atoms with E-state index in [0.717, 1.165) is 49.6 Å². The first-order chi connectivity index (χ1) is 13.2. The monoisotopic (exact) mass is 365 g/mol. The summed E-state index contributed by atoms with van der Waals surface area (Å²) in [7, 11) is 0. The molecule has 4 rings (SSSR count). The zero-order chi connectivity index (χ0) is 18.6. The summed E-state index contributed by atoms with van der Waals surface area (Å²) in [6.07, 6.45) is 1.81. The van der Waals surface area contributed by atoms with Gasteiger partial charge in [-0.1, -0.05) is 12.1 Å². The van der Waals surface area contributed by atoms with E-state index in [2.05, 4.69) is 35.4 Å². The van der Waals surface area contributed by atoms with Crippen molar-refractivity contribution < 1.29 is 14.4 Å². The van der Waals surface area contributed by atoms with Gasteiger partial charge in [0.25, 0.3) is 5.91 Å². The van der Waals surface area contributed by atoms with Crippen LogP contribution in [0.5, 0.6) is 0 Å². The Hall–Kier alpha value is -2.70. The Morgan fingerprint density at radius 1 is 1.22 bits per heavy atom. The van der Waals surface area contributed by atoms with E-state index >= 15 is 0 Å². The number of nitrogens with zero attached hydrogens (tertiary/aromatic N) is 2. The van der Waals surface area contributed by atoms with Gasteiger partial charge >= 0.3 is 0 Å². The number of rotatable bonds is 5. The van der Waals surface area contributed by atoms with Crippen LogP contribution in [-0.4, -0.2) is 54.9 Å². The lowest BCUT2D eigenvalue weighted by molar-refractivity contribution is -0.906. The van der Waals surface area contributed by atoms with Gasteiger partial charge < -0.3 is 15.0 Å². The van der Waals surface area contributed by atoms with Crippen molar-refractivity contribution in [2.45, 2.75) is 6.92 Å². The highest BCUT2D eigenvalue weighted by Gasteiger charge is 2.14. The molecule has 6 nitrogen and oxygen atoms in total. The largest absolute Gasteiger partial charge is 0.370 e. The van der Waals surface area contributed by atoms with Crippen LogP contribution < -0.4 is 10.2 Å². The molecule has 2 N–H and O–H groups in total. The average molecular weight is 365 g/mol. The summed E-state index contributed by atoms with van der Waals surface area (Å²) < 4.78 is 7.41. The molecular formula is C21H25N4O2+. The molecular weight excluding hydrogens is 340 g/mol. The highest BCUT2D eigenvalue weighted by molar-refractivity contribution is 5.97. The lowest BCUT2D eigenvalue weighted by Crippen LogP contribution is -3.14. The number of ether oxygens (including phenoxy) is 1. The minimum Gasteiger partial charge on any atom is -0.370 e. The fraction of sp³-hybridized carbons (Fsp3) is 0.333. The van der Waals surface area contributed by atoms with Gasteiger partial charge in [0.05, 0.1) is 37.3 Å². The Bertz CT molecular complexity index is 944. The number of morpholine rings is 1. The number of fused-ring (bicyclic) bond motifs is 1. The zero-order valence-electron chi connectivity index (χ0n) is 15.6. The maximum atomic E-state index is 12.5. The van der Waals surface area contributed by atoms with Gasteiger partial charge in [-0.3, -0.25) is 9.36 Å². The predicted octanol–water partition coefficient (Wildman–Crippen LogP) is 0.979. The second-order valence-electron chi connectivity index (χ2n) is 7.03. The van der Waals surface area contributed by atoms with Crippen LogP contribution in [0.3, 0.4) is 0 Å². The topological polar surface area (TPSA) is 60.6 Å². The maximum absolute atomic E-state index is 12.5. The predicted molar refractivity (Wildman–Crippen MR) is 105 cm³/mol. The van der Waals surface area contributed by atoms with Crippen LogP contribution in [-0.2, 0) is 4.74 Å². The molecule has 2 aromatic carbocycles. The van der Waals surface area contributed by atoms with Crippen LogP contribution in [0.4, 0.5) is 0 Å². The molecule has 6 heteroatoms. The van der Waals surface area contributed by atoms with Gasteiger partial charge in [0, 0.05) is 11.3 Å². The van der Waals surface area contributed by atoms with Gasteiger partial charge in [-0.25, -0.2) is 4.98 Å². The van der Waals surface area contributed by atoms with E-state index < -0.39 is 0 Å². The van der Waals surface area contributed by atoms with E-state index in [1.54, 1.807) is 0 Å². The smallest absolute Gasteiger partial charge is 0.251 e. The molecule has 0 unspecified atom stereocenters. The Morgan fingerprint density at radius 2 is 2.07 bits per heavy atom. The first-order valence-electron chi connectivity index (χ1n) is 9.44. The summed E-state index contributed by atoms with van der Waals surface area (Å²) >= 11 is 0. The second-order valence-corrected chi connectivity index (χ2v) is 7.03. The van der Waals surface area contributed by atoms with Crippen molar-refractivity contribution in [2.75, 3.05) is 39.4 Å². The maximum Gasteiger partial charge on any atom is 0.251 e. The van der Waals surface area contributed by atoms with Crippen LogP contribution in [0.15, 0.2) is 48.8 Å². The molecule has 0 saturated carbocycles. The summed E-state index contributed by atoms with van der Waals surface area (Å²) in [4.78, 5) is 18.4. The second kappa shape index (κ2) is 7.90. The molecule has 0 aliphatic carbocycles. The van der Waals surface area contributed by atoms with Crippen molar-refractivity contribution >= 4 is 16.9 Å². The van der Waals surface area contributed by atoms with E-state index in [1.165, 1.54) is 10.5 Å². The van der Waals surface area contributed by atoms with Gasteiger partial charge in [-0.05, 0) is 42.8 Å². The summed E-state index contributed by atoms with van der Waals surface area (Å²) in [6.45, 7) is 7.32. The molecule has 1 aliphatic heterocycles. The number of benzene rings is 2. The molecule has 1 fully saturated rings. The number of imidazole rings is 1. The molecule has 3 aromatic rings. The summed E-state index contributed by atoms with van der Waals surface area (Å²) in [6, 6.07) is 14.0. The van der Waals surface area contributed by atoms with Gasteiger partial charge in [0.1, 0.15) is 19.4 Å². The van der Waals surface area contributed by atoms with E-state index in [1.807, 2.05) is 35.2 Å². The van der Waals surface area contributed by atoms with Crippen LogP contribution >= 0.6 is 0 Å². The standard InChI is InChI=1S/C21H24N4O2/c1-16-3-2-4-18(13-16)25-15-23-19-14-17(5-6-20(19)25)21(26)22-7-8-24-9-11-27-12-10-24/h2-6,13-15H,7-12H2,1H3,(H,22,26)/p+1. The number of hydrogen-bond acceptors (Lipinski definition) is 3. The summed E-state index contributed by atoms with van der Waals surface area (Å²) in [5.74, 6) is -0.0466. The summed E-state index contributed by atoms with van der Waals surface area (Å²) in [5.41, 5.74) is 4.74.